The molecule has 5 heterocycles. The summed E-state index contributed by atoms with van der Waals surface area (Å²) in [6, 6.07) is 72.2. The molecule has 0 saturated heterocycles. The summed E-state index contributed by atoms with van der Waals surface area (Å²) in [5.41, 5.74) is 19.2. The minimum absolute atomic E-state index is 0.108. The lowest BCUT2D eigenvalue weighted by atomic mass is 9.42. The van der Waals surface area contributed by atoms with Crippen LogP contribution in [0.1, 0.15) is 27.8 Å². The van der Waals surface area contributed by atoms with E-state index in [9.17, 15) is 0 Å². The minimum Gasteiger partial charge on any atom is -0.456 e. The number of nitrogens with zero attached hydrogens (tertiary/aromatic N) is 2. The van der Waals surface area contributed by atoms with Crippen molar-refractivity contribution in [2.45, 2.75) is 12.3 Å². The lowest BCUT2D eigenvalue weighted by Gasteiger charge is -2.51. The third-order valence-corrected chi connectivity index (χ3v) is 13.9. The molecule has 0 amide bonds. The molecule has 0 atom stereocenters. The predicted molar refractivity (Wildman–Crippen MR) is 249 cm³/mol. The van der Waals surface area contributed by atoms with E-state index in [1.54, 1.807) is 0 Å². The van der Waals surface area contributed by atoms with Crippen LogP contribution in [0.2, 0.25) is 0 Å². The SMILES string of the molecule is Cc1cc2c3c4c1c1cc5ccccc5cc1n4-c1cc4oc(-c5ccccc5)cc4cc1B3N1c3ccccc3C(c3ccccc3)(c3ccccc3)c3cccc-2c31. The molecular weight excluding hydrogens is 727 g/mol. The first-order valence-corrected chi connectivity index (χ1v) is 21.0. The van der Waals surface area contributed by atoms with E-state index in [0.717, 1.165) is 22.3 Å². The van der Waals surface area contributed by atoms with Crippen molar-refractivity contribution in [3.63, 3.8) is 0 Å². The summed E-state index contributed by atoms with van der Waals surface area (Å²) in [7, 11) is 0. The van der Waals surface area contributed by atoms with E-state index < -0.39 is 5.41 Å². The number of aryl methyl sites for hydroxylation is 1. The monoisotopic (exact) mass is 762 g/mol. The van der Waals surface area contributed by atoms with E-state index in [-0.39, 0.29) is 6.85 Å². The molecule has 0 bridgehead atoms. The van der Waals surface area contributed by atoms with Crippen LogP contribution in [-0.4, -0.2) is 11.4 Å². The van der Waals surface area contributed by atoms with Crippen LogP contribution >= 0.6 is 0 Å². The highest BCUT2D eigenvalue weighted by Crippen LogP contribution is 2.60. The molecule has 0 fully saturated rings. The van der Waals surface area contributed by atoms with E-state index in [1.807, 2.05) is 0 Å². The van der Waals surface area contributed by atoms with E-state index >= 15 is 0 Å². The van der Waals surface area contributed by atoms with Gasteiger partial charge in [-0.05, 0) is 86.3 Å². The molecule has 0 radical (unpaired) electrons. The molecule has 278 valence electrons. The van der Waals surface area contributed by atoms with Gasteiger partial charge < -0.3 is 13.8 Å². The maximum atomic E-state index is 6.79. The number of hydrogen-bond donors (Lipinski definition) is 0. The smallest absolute Gasteiger partial charge is 0.333 e. The number of aromatic nitrogens is 1. The van der Waals surface area contributed by atoms with Gasteiger partial charge in [-0.15, -0.1) is 0 Å². The normalized spacial score (nSPS) is 14.2. The minimum atomic E-state index is -0.552. The van der Waals surface area contributed by atoms with Gasteiger partial charge >= 0.3 is 6.85 Å². The molecule has 4 heteroatoms. The van der Waals surface area contributed by atoms with Gasteiger partial charge in [-0.1, -0.05) is 164 Å². The average Bonchev–Trinajstić information content (AvgIpc) is 3.88. The highest BCUT2D eigenvalue weighted by Gasteiger charge is 2.53. The van der Waals surface area contributed by atoms with Gasteiger partial charge in [0.25, 0.3) is 0 Å². The Morgan fingerprint density at radius 2 is 1.20 bits per heavy atom. The van der Waals surface area contributed by atoms with Crippen molar-refractivity contribution in [1.82, 2.24) is 4.57 Å². The molecule has 0 aliphatic carbocycles. The predicted octanol–water partition coefficient (Wildman–Crippen LogP) is 12.6. The fourth-order valence-corrected chi connectivity index (χ4v) is 11.6. The fourth-order valence-electron chi connectivity index (χ4n) is 11.6. The van der Waals surface area contributed by atoms with E-state index in [2.05, 4.69) is 210 Å². The average molecular weight is 763 g/mol. The largest absolute Gasteiger partial charge is 0.456 e. The van der Waals surface area contributed by atoms with Gasteiger partial charge in [0.2, 0.25) is 0 Å². The van der Waals surface area contributed by atoms with E-state index in [0.29, 0.717) is 0 Å². The quantitative estimate of drug-likeness (QED) is 0.167. The van der Waals surface area contributed by atoms with Gasteiger partial charge in [0.1, 0.15) is 11.3 Å². The summed E-state index contributed by atoms with van der Waals surface area (Å²) in [5, 5.41) is 6.20. The number of furan rings is 1. The van der Waals surface area contributed by atoms with Gasteiger partial charge in [0.15, 0.2) is 0 Å². The Morgan fingerprint density at radius 3 is 1.97 bits per heavy atom. The summed E-state index contributed by atoms with van der Waals surface area (Å²) in [5.74, 6) is 0.880. The third kappa shape index (κ3) is 3.96. The number of anilines is 2. The Hall–Kier alpha value is -7.56. The lowest BCUT2D eigenvalue weighted by Crippen LogP contribution is -2.62. The van der Waals surface area contributed by atoms with Crippen LogP contribution in [0.5, 0.6) is 0 Å². The van der Waals surface area contributed by atoms with Crippen molar-refractivity contribution in [3.8, 4) is 28.1 Å². The second kappa shape index (κ2) is 11.6. The number of para-hydroxylation sites is 2. The first-order valence-electron chi connectivity index (χ1n) is 21.0. The molecule has 0 unspecified atom stereocenters. The molecule has 0 N–H and O–H groups in total. The highest BCUT2D eigenvalue weighted by molar-refractivity contribution is 6.94. The van der Waals surface area contributed by atoms with Crippen LogP contribution in [-0.2, 0) is 5.41 Å². The van der Waals surface area contributed by atoms with Crippen molar-refractivity contribution >= 4 is 72.7 Å². The Labute approximate surface area is 347 Å². The third-order valence-electron chi connectivity index (χ3n) is 13.9. The molecule has 9 aromatic carbocycles. The molecule has 3 aliphatic heterocycles. The number of benzene rings is 9. The second-order valence-corrected chi connectivity index (χ2v) is 16.8. The molecule has 0 saturated carbocycles. The Kier molecular flexibility index (Phi) is 6.24. The number of fused-ring (bicyclic) bond motifs is 12. The van der Waals surface area contributed by atoms with Crippen LogP contribution in [0.25, 0.3) is 71.7 Å². The molecule has 2 aromatic heterocycles. The van der Waals surface area contributed by atoms with Gasteiger partial charge in [0, 0.05) is 50.4 Å². The van der Waals surface area contributed by atoms with E-state index in [1.165, 1.54) is 99.5 Å². The van der Waals surface area contributed by atoms with Gasteiger partial charge in [0.05, 0.1) is 16.4 Å². The lowest BCUT2D eigenvalue weighted by molar-refractivity contribution is 0.631. The standard InChI is InChI=1S/C56H35BN2O/c1-34-28-42-41-24-15-26-45-54(41)59(47-27-14-13-25-44(47)56(45,39-20-7-3-8-21-39)40-22-9-4-10-23-40)57-46-30-38-32-50(35-16-5-2-6-17-35)60-51(38)33-49(46)58-48-31-37-19-12-11-18-36(37)29-43(48)52(34)55(58)53(42)57/h2-33H,1H3. The Balaban J connectivity index is 1.17. The van der Waals surface area contributed by atoms with Crippen LogP contribution < -0.4 is 15.7 Å². The van der Waals surface area contributed by atoms with Crippen molar-refractivity contribution in [3.05, 3.63) is 222 Å². The van der Waals surface area contributed by atoms with Crippen LogP contribution in [0.4, 0.5) is 11.4 Å². The van der Waals surface area contributed by atoms with Crippen LogP contribution in [0.15, 0.2) is 199 Å². The molecule has 14 rings (SSSR count). The maximum Gasteiger partial charge on any atom is 0.333 e. The Morgan fingerprint density at radius 1 is 0.533 bits per heavy atom. The second-order valence-electron chi connectivity index (χ2n) is 16.8. The highest BCUT2D eigenvalue weighted by atomic mass is 16.3. The zero-order valence-electron chi connectivity index (χ0n) is 32.9. The number of rotatable bonds is 3. The van der Waals surface area contributed by atoms with Gasteiger partial charge in [-0.2, -0.15) is 0 Å². The topological polar surface area (TPSA) is 21.3 Å². The van der Waals surface area contributed by atoms with E-state index in [4.69, 9.17) is 4.42 Å². The molecule has 11 aromatic rings. The molecule has 3 nitrogen and oxygen atoms in total. The molecule has 3 aliphatic rings. The van der Waals surface area contributed by atoms with Crippen LogP contribution in [0, 0.1) is 6.92 Å². The molecule has 0 spiro atoms. The van der Waals surface area contributed by atoms with Crippen molar-refractivity contribution in [1.29, 1.82) is 0 Å². The molecular formula is C56H35BN2O. The zero-order chi connectivity index (χ0) is 39.3. The van der Waals surface area contributed by atoms with Gasteiger partial charge in [-0.3, -0.25) is 0 Å². The summed E-state index contributed by atoms with van der Waals surface area (Å²) < 4.78 is 9.36. The molecule has 60 heavy (non-hydrogen) atoms. The number of hydrogen-bond acceptors (Lipinski definition) is 2. The van der Waals surface area contributed by atoms with Crippen LogP contribution in [0.3, 0.4) is 0 Å². The first-order chi connectivity index (χ1) is 29.7. The summed E-state index contributed by atoms with van der Waals surface area (Å²) in [6.45, 7) is 2.21. The van der Waals surface area contributed by atoms with Crippen molar-refractivity contribution in [2.24, 2.45) is 0 Å². The summed E-state index contributed by atoms with van der Waals surface area (Å²) in [4.78, 5) is 2.71. The zero-order valence-corrected chi connectivity index (χ0v) is 32.9. The first kappa shape index (κ1) is 32.4. The fraction of sp³-hybridized carbons (Fsp3) is 0.0357. The summed E-state index contributed by atoms with van der Waals surface area (Å²) >= 11 is 0. The van der Waals surface area contributed by atoms with Gasteiger partial charge in [-0.25, -0.2) is 0 Å². The van der Waals surface area contributed by atoms with Crippen molar-refractivity contribution in [2.75, 3.05) is 4.81 Å². The Bertz CT molecular complexity index is 3580. The maximum absolute atomic E-state index is 6.79. The summed E-state index contributed by atoms with van der Waals surface area (Å²) in [6.07, 6.45) is 0. The van der Waals surface area contributed by atoms with Crippen molar-refractivity contribution < 1.29 is 4.42 Å².